The maximum atomic E-state index is 13.0. The molecule has 0 unspecified atom stereocenters. The van der Waals surface area contributed by atoms with E-state index in [-0.39, 0.29) is 6.54 Å². The summed E-state index contributed by atoms with van der Waals surface area (Å²) in [6.45, 7) is -0.269. The van der Waals surface area contributed by atoms with E-state index in [4.69, 9.17) is 0 Å². The van der Waals surface area contributed by atoms with E-state index in [0.29, 0.717) is 6.92 Å². The number of hydrogen-bond acceptors (Lipinski definition) is 0. The van der Waals surface area contributed by atoms with Gasteiger partial charge in [-0.3, -0.25) is 0 Å². The lowest BCUT2D eigenvalue weighted by Crippen LogP contribution is -2.29. The average Bonchev–Trinajstić information content (AvgIpc) is 2.15. The van der Waals surface area contributed by atoms with Gasteiger partial charge in [0.2, 0.25) is 5.92 Å². The van der Waals surface area contributed by atoms with E-state index in [9.17, 15) is 17.6 Å². The molecule has 0 aliphatic heterocycles. The summed E-state index contributed by atoms with van der Waals surface area (Å²) in [6.07, 6.45) is -1.46. The van der Waals surface area contributed by atoms with Crippen molar-refractivity contribution in [3.63, 3.8) is 0 Å². The van der Waals surface area contributed by atoms with E-state index in [0.717, 1.165) is 5.56 Å². The molecule has 0 N–H and O–H groups in total. The normalized spacial score (nSPS) is 12.8. The van der Waals surface area contributed by atoms with Gasteiger partial charge < -0.3 is 5.32 Å². The van der Waals surface area contributed by atoms with Crippen molar-refractivity contribution in [1.29, 1.82) is 0 Å². The van der Waals surface area contributed by atoms with E-state index in [1.54, 1.807) is 30.3 Å². The first-order chi connectivity index (χ1) is 7.79. The Bertz CT molecular complexity index is 332. The largest absolute Gasteiger partial charge is 0.654 e. The molecule has 0 radical (unpaired) electrons. The van der Waals surface area contributed by atoms with E-state index < -0.39 is 24.8 Å². The molecule has 0 saturated heterocycles. The fraction of sp³-hybridized carbons (Fsp3) is 0.500. The minimum atomic E-state index is -3.45. The van der Waals surface area contributed by atoms with Crippen molar-refractivity contribution < 1.29 is 17.6 Å². The second-order valence-corrected chi connectivity index (χ2v) is 4.13. The monoisotopic (exact) mass is 248 g/mol. The topological polar surface area (TPSA) is 14.1 Å². The van der Waals surface area contributed by atoms with Crippen molar-refractivity contribution in [2.75, 3.05) is 6.54 Å². The van der Waals surface area contributed by atoms with Crippen molar-refractivity contribution in [3.05, 3.63) is 41.2 Å². The lowest BCUT2D eigenvalue weighted by atomic mass is 10.1. The summed E-state index contributed by atoms with van der Waals surface area (Å²) >= 11 is 0. The predicted octanol–water partition coefficient (Wildman–Crippen LogP) is 4.24. The number of alkyl halides is 4. The molecule has 0 fully saturated rings. The second-order valence-electron chi connectivity index (χ2n) is 4.13. The van der Waals surface area contributed by atoms with Crippen LogP contribution in [0.1, 0.15) is 18.9 Å². The molecule has 0 atom stereocenters. The van der Waals surface area contributed by atoms with Crippen LogP contribution in [0.5, 0.6) is 0 Å². The lowest BCUT2D eigenvalue weighted by Gasteiger charge is -2.28. The van der Waals surface area contributed by atoms with Crippen LogP contribution in [0.25, 0.3) is 5.32 Å². The molecule has 0 heterocycles. The molecule has 0 aliphatic rings. The number of hydrogen-bond donors (Lipinski definition) is 0. The Kier molecular flexibility index (Phi) is 4.51. The van der Waals surface area contributed by atoms with Crippen LogP contribution in [-0.2, 0) is 6.54 Å². The van der Waals surface area contributed by atoms with Crippen LogP contribution < -0.4 is 0 Å². The summed E-state index contributed by atoms with van der Waals surface area (Å²) in [5.41, 5.74) is 0.784. The molecular formula is C12H14F4N-. The summed E-state index contributed by atoms with van der Waals surface area (Å²) in [6, 6.07) is 8.83. The third-order valence-corrected chi connectivity index (χ3v) is 2.05. The highest BCUT2D eigenvalue weighted by Crippen LogP contribution is 2.31. The van der Waals surface area contributed by atoms with Gasteiger partial charge in [0.25, 0.3) is 5.92 Å². The average molecular weight is 248 g/mol. The van der Waals surface area contributed by atoms with Crippen LogP contribution in [0.2, 0.25) is 0 Å². The van der Waals surface area contributed by atoms with Gasteiger partial charge in [-0.2, -0.15) is 0 Å². The summed E-state index contributed by atoms with van der Waals surface area (Å²) in [5.74, 6) is -6.82. The van der Waals surface area contributed by atoms with Gasteiger partial charge in [0.15, 0.2) is 0 Å². The Morgan fingerprint density at radius 3 is 2.18 bits per heavy atom. The smallest absolute Gasteiger partial charge is 0.251 e. The summed E-state index contributed by atoms with van der Waals surface area (Å²) in [7, 11) is 0. The van der Waals surface area contributed by atoms with Gasteiger partial charge in [0.05, 0.1) is 6.42 Å². The molecule has 0 aromatic heterocycles. The van der Waals surface area contributed by atoms with Gasteiger partial charge >= 0.3 is 0 Å². The minimum absolute atomic E-state index is 0.117. The van der Waals surface area contributed by atoms with Gasteiger partial charge in [-0.05, 0) is 6.92 Å². The van der Waals surface area contributed by atoms with E-state index in [2.05, 4.69) is 5.32 Å². The number of nitrogens with zero attached hydrogens (tertiary/aromatic N) is 1. The van der Waals surface area contributed by atoms with Gasteiger partial charge in [0.1, 0.15) is 0 Å². The third-order valence-electron chi connectivity index (χ3n) is 2.05. The van der Waals surface area contributed by atoms with E-state index in [1.165, 1.54) is 0 Å². The molecule has 17 heavy (non-hydrogen) atoms. The zero-order valence-corrected chi connectivity index (χ0v) is 9.47. The molecule has 0 amide bonds. The number of benzene rings is 1. The van der Waals surface area contributed by atoms with Crippen molar-refractivity contribution in [1.82, 2.24) is 0 Å². The van der Waals surface area contributed by atoms with E-state index in [1.807, 2.05) is 0 Å². The Morgan fingerprint density at radius 2 is 1.65 bits per heavy atom. The zero-order chi connectivity index (χ0) is 12.9. The summed E-state index contributed by atoms with van der Waals surface area (Å²) in [4.78, 5) is 0. The summed E-state index contributed by atoms with van der Waals surface area (Å²) < 4.78 is 51.0. The van der Waals surface area contributed by atoms with Crippen molar-refractivity contribution in [2.24, 2.45) is 0 Å². The fourth-order valence-corrected chi connectivity index (χ4v) is 1.44. The van der Waals surface area contributed by atoms with Crippen molar-refractivity contribution >= 4 is 0 Å². The molecule has 0 spiro atoms. The van der Waals surface area contributed by atoms with Crippen molar-refractivity contribution in [3.8, 4) is 0 Å². The second kappa shape index (κ2) is 5.49. The predicted molar refractivity (Wildman–Crippen MR) is 58.6 cm³/mol. The molecule has 1 aromatic carbocycles. The highest BCUT2D eigenvalue weighted by molar-refractivity contribution is 5.17. The highest BCUT2D eigenvalue weighted by Gasteiger charge is 2.36. The molecule has 0 saturated carbocycles. The first-order valence-electron chi connectivity index (χ1n) is 5.21. The van der Waals surface area contributed by atoms with Gasteiger partial charge in [-0.25, -0.2) is 17.6 Å². The molecule has 0 bridgehead atoms. The Hall–Kier alpha value is -1.10. The standard InChI is InChI=1S/C12H14F4N/c1-11(13,14)8-12(15,16)9-17-7-10-5-3-2-4-6-10/h2-6H,7-9H2,1H3/q-1. The molecule has 96 valence electrons. The Balaban J connectivity index is 2.35. The summed E-state index contributed by atoms with van der Waals surface area (Å²) in [5, 5.41) is 3.61. The molecule has 5 heteroatoms. The number of halogens is 4. The minimum Gasteiger partial charge on any atom is -0.654 e. The first-order valence-corrected chi connectivity index (χ1v) is 5.21. The third kappa shape index (κ3) is 6.26. The molecular weight excluding hydrogens is 234 g/mol. The SMILES string of the molecule is CC(F)(F)CC(F)(F)C[N-]Cc1ccccc1. The zero-order valence-electron chi connectivity index (χ0n) is 9.47. The van der Waals surface area contributed by atoms with Gasteiger partial charge in [-0.1, -0.05) is 42.4 Å². The lowest BCUT2D eigenvalue weighted by molar-refractivity contribution is -0.0918. The van der Waals surface area contributed by atoms with Crippen LogP contribution in [0, 0.1) is 0 Å². The first kappa shape index (κ1) is 14.0. The quantitative estimate of drug-likeness (QED) is 0.668. The Labute approximate surface area is 97.8 Å². The molecule has 1 rings (SSSR count). The Morgan fingerprint density at radius 1 is 1.06 bits per heavy atom. The molecule has 1 aromatic rings. The van der Waals surface area contributed by atoms with Crippen molar-refractivity contribution in [2.45, 2.75) is 31.7 Å². The van der Waals surface area contributed by atoms with Crippen LogP contribution in [0.3, 0.4) is 0 Å². The van der Waals surface area contributed by atoms with Gasteiger partial charge in [-0.15, -0.1) is 6.54 Å². The van der Waals surface area contributed by atoms with E-state index >= 15 is 0 Å². The molecule has 1 nitrogen and oxygen atoms in total. The highest BCUT2D eigenvalue weighted by atomic mass is 19.3. The van der Waals surface area contributed by atoms with Crippen LogP contribution in [0.15, 0.2) is 30.3 Å². The fourth-order valence-electron chi connectivity index (χ4n) is 1.44. The van der Waals surface area contributed by atoms with Crippen LogP contribution in [0.4, 0.5) is 17.6 Å². The maximum Gasteiger partial charge on any atom is 0.251 e. The van der Waals surface area contributed by atoms with Crippen LogP contribution in [-0.4, -0.2) is 18.4 Å². The maximum absolute atomic E-state index is 13.0. The van der Waals surface area contributed by atoms with Gasteiger partial charge in [0, 0.05) is 0 Å². The van der Waals surface area contributed by atoms with Crippen LogP contribution >= 0.6 is 0 Å². The number of rotatable bonds is 6. The molecule has 0 aliphatic carbocycles.